The molecule has 0 spiro atoms. The van der Waals surface area contributed by atoms with Gasteiger partial charge < -0.3 is 15.0 Å². The van der Waals surface area contributed by atoms with Crippen molar-refractivity contribution >= 4 is 11.0 Å². The van der Waals surface area contributed by atoms with E-state index in [1.807, 2.05) is 12.1 Å². The average molecular weight is 245 g/mol. The molecular weight excluding hydrogens is 226 g/mol. The first-order chi connectivity index (χ1) is 8.66. The van der Waals surface area contributed by atoms with Gasteiger partial charge >= 0.3 is 0 Å². The molecule has 1 aromatic carbocycles. The van der Waals surface area contributed by atoms with Gasteiger partial charge in [0.2, 0.25) is 0 Å². The Kier molecular flexibility index (Phi) is 2.64. The minimum absolute atomic E-state index is 0.0135. The minimum Gasteiger partial charge on any atom is -0.379 e. The molecule has 2 aromatic rings. The van der Waals surface area contributed by atoms with Gasteiger partial charge in [-0.3, -0.25) is 0 Å². The number of hydrogen-bond acceptors (Lipinski definition) is 3. The Morgan fingerprint density at radius 3 is 2.94 bits per heavy atom. The van der Waals surface area contributed by atoms with Crippen LogP contribution in [0.15, 0.2) is 24.3 Å². The second kappa shape index (κ2) is 4.07. The highest BCUT2D eigenvalue weighted by Gasteiger charge is 2.43. The molecular formula is C14H19N3O. The normalized spacial score (nSPS) is 28.1. The van der Waals surface area contributed by atoms with E-state index < -0.39 is 0 Å². The number of para-hydroxylation sites is 2. The number of ether oxygens (including phenoxy) is 1. The Bertz CT molecular complexity index is 577. The highest BCUT2D eigenvalue weighted by atomic mass is 16.5. The molecule has 1 aliphatic rings. The third-order valence-electron chi connectivity index (χ3n) is 4.00. The summed E-state index contributed by atoms with van der Waals surface area (Å²) in [5, 5.41) is 0. The van der Waals surface area contributed by atoms with Crippen molar-refractivity contribution in [2.75, 3.05) is 13.2 Å². The predicted molar refractivity (Wildman–Crippen MR) is 71.6 cm³/mol. The summed E-state index contributed by atoms with van der Waals surface area (Å²) in [4.78, 5) is 4.79. The minimum atomic E-state index is -0.185. The molecule has 0 radical (unpaired) electrons. The lowest BCUT2D eigenvalue weighted by molar-refractivity contribution is 0.177. The maximum absolute atomic E-state index is 6.21. The van der Waals surface area contributed by atoms with E-state index in [4.69, 9.17) is 15.5 Å². The first kappa shape index (κ1) is 11.7. The van der Waals surface area contributed by atoms with Crippen molar-refractivity contribution in [1.29, 1.82) is 0 Å². The van der Waals surface area contributed by atoms with Gasteiger partial charge in [-0.25, -0.2) is 4.98 Å². The van der Waals surface area contributed by atoms with Crippen LogP contribution in [0, 0.1) is 0 Å². The molecule has 1 fully saturated rings. The largest absolute Gasteiger partial charge is 0.379 e. The number of hydrogen-bond donors (Lipinski definition) is 1. The molecule has 0 amide bonds. The molecule has 4 nitrogen and oxygen atoms in total. The van der Waals surface area contributed by atoms with E-state index in [2.05, 4.69) is 30.5 Å². The summed E-state index contributed by atoms with van der Waals surface area (Å²) in [6.07, 6.45) is 0. The Morgan fingerprint density at radius 2 is 2.28 bits per heavy atom. The molecule has 1 saturated heterocycles. The van der Waals surface area contributed by atoms with Crippen molar-refractivity contribution in [2.45, 2.75) is 31.8 Å². The van der Waals surface area contributed by atoms with Crippen LogP contribution in [0.5, 0.6) is 0 Å². The molecule has 0 aliphatic carbocycles. The van der Waals surface area contributed by atoms with E-state index >= 15 is 0 Å². The van der Waals surface area contributed by atoms with Gasteiger partial charge in [0.05, 0.1) is 29.7 Å². The van der Waals surface area contributed by atoms with Crippen molar-refractivity contribution in [2.24, 2.45) is 5.73 Å². The zero-order valence-corrected chi connectivity index (χ0v) is 10.9. The Labute approximate surface area is 107 Å². The van der Waals surface area contributed by atoms with Crippen LogP contribution in [0.25, 0.3) is 11.0 Å². The molecule has 0 saturated carbocycles. The lowest BCUT2D eigenvalue weighted by Gasteiger charge is -2.26. The number of aryl methyl sites for hydroxylation is 1. The van der Waals surface area contributed by atoms with E-state index in [0.717, 1.165) is 17.9 Å². The van der Waals surface area contributed by atoms with Gasteiger partial charge in [0.1, 0.15) is 5.82 Å². The fraction of sp³-hybridized carbons (Fsp3) is 0.500. The van der Waals surface area contributed by atoms with Crippen LogP contribution in [0.2, 0.25) is 0 Å². The van der Waals surface area contributed by atoms with Gasteiger partial charge in [0.25, 0.3) is 0 Å². The summed E-state index contributed by atoms with van der Waals surface area (Å²) in [5.41, 5.74) is 8.24. The second-order valence-electron chi connectivity index (χ2n) is 5.21. The maximum Gasteiger partial charge on any atom is 0.119 e. The molecule has 4 heteroatoms. The molecule has 2 atom stereocenters. The summed E-state index contributed by atoms with van der Waals surface area (Å²) in [7, 11) is 0. The quantitative estimate of drug-likeness (QED) is 0.875. The average Bonchev–Trinajstić information content (AvgIpc) is 2.91. The Hall–Kier alpha value is -1.39. The van der Waals surface area contributed by atoms with Crippen LogP contribution in [-0.4, -0.2) is 28.8 Å². The van der Waals surface area contributed by atoms with Crippen LogP contribution in [0.4, 0.5) is 0 Å². The number of benzene rings is 1. The lowest BCUT2D eigenvalue weighted by Crippen LogP contribution is -2.43. The van der Waals surface area contributed by atoms with E-state index in [-0.39, 0.29) is 11.5 Å². The van der Waals surface area contributed by atoms with Gasteiger partial charge in [-0.1, -0.05) is 12.1 Å². The molecule has 0 bridgehead atoms. The van der Waals surface area contributed by atoms with Crippen LogP contribution in [0.1, 0.15) is 19.7 Å². The number of rotatable bonds is 2. The second-order valence-corrected chi connectivity index (χ2v) is 5.21. The molecule has 96 valence electrons. The number of nitrogens with two attached hydrogens (primary N) is 1. The van der Waals surface area contributed by atoms with Crippen LogP contribution >= 0.6 is 0 Å². The SMILES string of the molecule is CCn1c(C2(C)COCC2N)nc2ccccc21. The van der Waals surface area contributed by atoms with Crippen molar-refractivity contribution in [3.05, 3.63) is 30.1 Å². The van der Waals surface area contributed by atoms with Gasteiger partial charge in [-0.05, 0) is 26.0 Å². The first-order valence-electron chi connectivity index (χ1n) is 6.46. The summed E-state index contributed by atoms with van der Waals surface area (Å²) in [6, 6.07) is 8.25. The smallest absolute Gasteiger partial charge is 0.119 e. The van der Waals surface area contributed by atoms with Crippen LogP contribution < -0.4 is 5.73 Å². The lowest BCUT2D eigenvalue weighted by atomic mass is 9.85. The highest BCUT2D eigenvalue weighted by Crippen LogP contribution is 2.33. The zero-order valence-electron chi connectivity index (χ0n) is 10.9. The molecule has 2 N–H and O–H groups in total. The monoisotopic (exact) mass is 245 g/mol. The molecule has 2 heterocycles. The zero-order chi connectivity index (χ0) is 12.8. The van der Waals surface area contributed by atoms with Gasteiger partial charge in [0.15, 0.2) is 0 Å². The third-order valence-corrected chi connectivity index (χ3v) is 4.00. The van der Waals surface area contributed by atoms with E-state index in [1.165, 1.54) is 5.52 Å². The fourth-order valence-electron chi connectivity index (χ4n) is 2.75. The molecule has 18 heavy (non-hydrogen) atoms. The third kappa shape index (κ3) is 1.49. The van der Waals surface area contributed by atoms with Crippen molar-refractivity contribution in [3.8, 4) is 0 Å². The van der Waals surface area contributed by atoms with E-state index in [1.54, 1.807) is 0 Å². The van der Waals surface area contributed by atoms with Gasteiger partial charge in [0, 0.05) is 12.6 Å². The summed E-state index contributed by atoms with van der Waals surface area (Å²) in [6.45, 7) is 6.46. The number of imidazole rings is 1. The predicted octanol–water partition coefficient (Wildman–Crippen LogP) is 1.67. The molecule has 1 aliphatic heterocycles. The molecule has 3 rings (SSSR count). The van der Waals surface area contributed by atoms with Gasteiger partial charge in [-0.15, -0.1) is 0 Å². The summed E-state index contributed by atoms with van der Waals surface area (Å²) < 4.78 is 7.80. The first-order valence-corrected chi connectivity index (χ1v) is 6.46. The standard InChI is InChI=1S/C14H19N3O/c1-3-17-11-7-5-4-6-10(11)16-13(17)14(2)9-18-8-12(14)15/h4-7,12H,3,8-9,15H2,1-2H3. The number of fused-ring (bicyclic) bond motifs is 1. The molecule has 1 aromatic heterocycles. The van der Waals surface area contributed by atoms with Crippen LogP contribution in [-0.2, 0) is 16.7 Å². The Balaban J connectivity index is 2.22. The van der Waals surface area contributed by atoms with E-state index in [9.17, 15) is 0 Å². The number of nitrogens with zero attached hydrogens (tertiary/aromatic N) is 2. The molecule has 2 unspecified atom stereocenters. The van der Waals surface area contributed by atoms with Crippen molar-refractivity contribution < 1.29 is 4.74 Å². The van der Waals surface area contributed by atoms with Crippen LogP contribution in [0.3, 0.4) is 0 Å². The summed E-state index contributed by atoms with van der Waals surface area (Å²) >= 11 is 0. The Morgan fingerprint density at radius 1 is 1.50 bits per heavy atom. The summed E-state index contributed by atoms with van der Waals surface area (Å²) in [5.74, 6) is 1.05. The maximum atomic E-state index is 6.21. The van der Waals surface area contributed by atoms with Crippen molar-refractivity contribution in [3.63, 3.8) is 0 Å². The van der Waals surface area contributed by atoms with E-state index in [0.29, 0.717) is 13.2 Å². The fourth-order valence-corrected chi connectivity index (χ4v) is 2.75. The van der Waals surface area contributed by atoms with Gasteiger partial charge in [-0.2, -0.15) is 0 Å². The van der Waals surface area contributed by atoms with Crippen molar-refractivity contribution in [1.82, 2.24) is 9.55 Å². The highest BCUT2D eigenvalue weighted by molar-refractivity contribution is 5.76. The topological polar surface area (TPSA) is 53.1 Å². The number of aromatic nitrogens is 2.